The van der Waals surface area contributed by atoms with Gasteiger partial charge in [-0.3, -0.25) is 0 Å². The zero-order valence-electron chi connectivity index (χ0n) is 12.8. The summed E-state index contributed by atoms with van der Waals surface area (Å²) < 4.78 is 2.33. The Hall–Kier alpha value is -1.02. The number of rotatable bonds is 7. The summed E-state index contributed by atoms with van der Waals surface area (Å²) in [5.41, 5.74) is 3.55. The van der Waals surface area contributed by atoms with Crippen molar-refractivity contribution in [1.29, 1.82) is 0 Å². The van der Waals surface area contributed by atoms with Crippen LogP contribution in [-0.2, 0) is 12.4 Å². The highest BCUT2D eigenvalue weighted by molar-refractivity contribution is 6.16. The molecule has 0 spiro atoms. The molecule has 0 aliphatic carbocycles. The van der Waals surface area contributed by atoms with Crippen molar-refractivity contribution in [2.75, 3.05) is 0 Å². The SMILES string of the molecule is CCCCC(CC)Cn1c(CCl)nc2cc(C)ccc21. The molecule has 0 N–H and O–H groups in total. The van der Waals surface area contributed by atoms with Gasteiger partial charge in [0, 0.05) is 6.54 Å². The van der Waals surface area contributed by atoms with Gasteiger partial charge >= 0.3 is 0 Å². The number of imidazole rings is 1. The predicted octanol–water partition coefficient (Wildman–Crippen LogP) is 5.30. The number of alkyl halides is 1. The van der Waals surface area contributed by atoms with E-state index in [1.165, 1.54) is 36.8 Å². The number of unbranched alkanes of at least 4 members (excludes halogenated alkanes) is 1. The van der Waals surface area contributed by atoms with Gasteiger partial charge < -0.3 is 4.57 Å². The lowest BCUT2D eigenvalue weighted by atomic mass is 9.99. The lowest BCUT2D eigenvalue weighted by Crippen LogP contribution is -2.12. The second kappa shape index (κ2) is 7.12. The molecule has 0 aliphatic heterocycles. The van der Waals surface area contributed by atoms with Crippen molar-refractivity contribution in [2.45, 2.75) is 58.9 Å². The van der Waals surface area contributed by atoms with Gasteiger partial charge in [0.15, 0.2) is 0 Å². The normalized spacial score (nSPS) is 13.0. The maximum atomic E-state index is 6.09. The average Bonchev–Trinajstić information content (AvgIpc) is 2.80. The minimum absolute atomic E-state index is 0.484. The summed E-state index contributed by atoms with van der Waals surface area (Å²) in [7, 11) is 0. The molecule has 0 saturated heterocycles. The van der Waals surface area contributed by atoms with E-state index in [0.717, 1.165) is 23.8 Å². The van der Waals surface area contributed by atoms with Gasteiger partial charge in [-0.2, -0.15) is 0 Å². The number of nitrogens with zero attached hydrogens (tertiary/aromatic N) is 2. The fourth-order valence-corrected chi connectivity index (χ4v) is 2.97. The highest BCUT2D eigenvalue weighted by Gasteiger charge is 2.14. The second-order valence-corrected chi connectivity index (χ2v) is 5.95. The minimum Gasteiger partial charge on any atom is -0.327 e. The molecular weight excluding hydrogens is 268 g/mol. The minimum atomic E-state index is 0.484. The first-order valence-electron chi connectivity index (χ1n) is 7.71. The fourth-order valence-electron chi connectivity index (χ4n) is 2.77. The third kappa shape index (κ3) is 3.35. The molecule has 1 aromatic carbocycles. The lowest BCUT2D eigenvalue weighted by molar-refractivity contribution is 0.391. The van der Waals surface area contributed by atoms with E-state index in [-0.39, 0.29) is 0 Å². The monoisotopic (exact) mass is 292 g/mol. The van der Waals surface area contributed by atoms with Gasteiger partial charge in [-0.25, -0.2) is 4.98 Å². The highest BCUT2D eigenvalue weighted by atomic mass is 35.5. The molecule has 2 nitrogen and oxygen atoms in total. The van der Waals surface area contributed by atoms with Crippen LogP contribution in [0, 0.1) is 12.8 Å². The Morgan fingerprint density at radius 1 is 1.30 bits per heavy atom. The van der Waals surface area contributed by atoms with Crippen LogP contribution in [0.3, 0.4) is 0 Å². The quantitative estimate of drug-likeness (QED) is 0.633. The van der Waals surface area contributed by atoms with Crippen LogP contribution in [0.4, 0.5) is 0 Å². The van der Waals surface area contributed by atoms with E-state index < -0.39 is 0 Å². The first-order valence-corrected chi connectivity index (χ1v) is 8.24. The number of halogens is 1. The Bertz CT molecular complexity index is 559. The van der Waals surface area contributed by atoms with Crippen LogP contribution in [-0.4, -0.2) is 9.55 Å². The molecule has 1 atom stereocenters. The van der Waals surface area contributed by atoms with E-state index in [2.05, 4.69) is 43.5 Å². The molecule has 20 heavy (non-hydrogen) atoms. The van der Waals surface area contributed by atoms with Crippen LogP contribution >= 0.6 is 11.6 Å². The number of aromatic nitrogens is 2. The first-order chi connectivity index (χ1) is 9.69. The molecular formula is C17H25ClN2. The maximum absolute atomic E-state index is 6.09. The molecule has 2 rings (SSSR count). The summed E-state index contributed by atoms with van der Waals surface area (Å²) in [6, 6.07) is 6.49. The third-order valence-corrected chi connectivity index (χ3v) is 4.33. The number of fused-ring (bicyclic) bond motifs is 1. The maximum Gasteiger partial charge on any atom is 0.124 e. The van der Waals surface area contributed by atoms with Gasteiger partial charge in [-0.15, -0.1) is 11.6 Å². The van der Waals surface area contributed by atoms with Gasteiger partial charge in [0.1, 0.15) is 5.82 Å². The van der Waals surface area contributed by atoms with Crippen molar-refractivity contribution in [3.63, 3.8) is 0 Å². The Morgan fingerprint density at radius 2 is 2.10 bits per heavy atom. The fraction of sp³-hybridized carbons (Fsp3) is 0.588. The first kappa shape index (κ1) is 15.4. The summed E-state index contributed by atoms with van der Waals surface area (Å²) >= 11 is 6.09. The highest BCUT2D eigenvalue weighted by Crippen LogP contribution is 2.23. The largest absolute Gasteiger partial charge is 0.327 e. The van der Waals surface area contributed by atoms with E-state index in [1.54, 1.807) is 0 Å². The zero-order chi connectivity index (χ0) is 14.5. The van der Waals surface area contributed by atoms with E-state index in [0.29, 0.717) is 5.88 Å². The smallest absolute Gasteiger partial charge is 0.124 e. The van der Waals surface area contributed by atoms with Gasteiger partial charge in [0.2, 0.25) is 0 Å². The van der Waals surface area contributed by atoms with Crippen molar-refractivity contribution >= 4 is 22.6 Å². The number of hydrogen-bond donors (Lipinski definition) is 0. The summed E-state index contributed by atoms with van der Waals surface area (Å²) in [6.45, 7) is 7.68. The molecule has 2 aromatic rings. The van der Waals surface area contributed by atoms with Gasteiger partial charge in [0.05, 0.1) is 16.9 Å². The molecule has 1 aromatic heterocycles. The van der Waals surface area contributed by atoms with Crippen molar-refractivity contribution in [2.24, 2.45) is 5.92 Å². The predicted molar refractivity (Wildman–Crippen MR) is 87.3 cm³/mol. The van der Waals surface area contributed by atoms with Crippen molar-refractivity contribution in [3.8, 4) is 0 Å². The number of aryl methyl sites for hydroxylation is 1. The van der Waals surface area contributed by atoms with Crippen molar-refractivity contribution in [3.05, 3.63) is 29.6 Å². The topological polar surface area (TPSA) is 17.8 Å². The van der Waals surface area contributed by atoms with Crippen LogP contribution in [0.1, 0.15) is 50.9 Å². The van der Waals surface area contributed by atoms with E-state index in [4.69, 9.17) is 16.6 Å². The second-order valence-electron chi connectivity index (χ2n) is 5.68. The Balaban J connectivity index is 2.31. The van der Waals surface area contributed by atoms with E-state index in [9.17, 15) is 0 Å². The Kier molecular flexibility index (Phi) is 5.47. The molecule has 3 heteroatoms. The lowest BCUT2D eigenvalue weighted by Gasteiger charge is -2.17. The molecule has 0 saturated carbocycles. The van der Waals surface area contributed by atoms with Crippen molar-refractivity contribution in [1.82, 2.24) is 9.55 Å². The zero-order valence-corrected chi connectivity index (χ0v) is 13.6. The summed E-state index contributed by atoms with van der Waals surface area (Å²) in [6.07, 6.45) is 5.08. The molecule has 0 aliphatic rings. The third-order valence-electron chi connectivity index (χ3n) is 4.09. The van der Waals surface area contributed by atoms with E-state index >= 15 is 0 Å². The molecule has 0 fully saturated rings. The van der Waals surface area contributed by atoms with Gasteiger partial charge in [-0.1, -0.05) is 39.2 Å². The van der Waals surface area contributed by atoms with Gasteiger partial charge in [0.25, 0.3) is 0 Å². The standard InChI is InChI=1S/C17H25ClN2/c1-4-6-7-14(5-2)12-20-16-9-8-13(3)10-15(16)19-17(20)11-18/h8-10,14H,4-7,11-12H2,1-3H3. The average molecular weight is 293 g/mol. The summed E-state index contributed by atoms with van der Waals surface area (Å²) in [5.74, 6) is 2.20. The molecule has 110 valence electrons. The molecule has 0 amide bonds. The Labute approximate surface area is 127 Å². The van der Waals surface area contributed by atoms with Crippen LogP contribution in [0.5, 0.6) is 0 Å². The molecule has 0 bridgehead atoms. The number of hydrogen-bond acceptors (Lipinski definition) is 1. The van der Waals surface area contributed by atoms with Crippen molar-refractivity contribution < 1.29 is 0 Å². The number of benzene rings is 1. The van der Waals surface area contributed by atoms with Crippen LogP contribution in [0.25, 0.3) is 11.0 Å². The van der Waals surface area contributed by atoms with Crippen LogP contribution < -0.4 is 0 Å². The van der Waals surface area contributed by atoms with Crippen LogP contribution in [0.15, 0.2) is 18.2 Å². The summed E-state index contributed by atoms with van der Waals surface area (Å²) in [5, 5.41) is 0. The van der Waals surface area contributed by atoms with Gasteiger partial charge in [-0.05, 0) is 37.0 Å². The molecule has 1 heterocycles. The van der Waals surface area contributed by atoms with E-state index in [1.807, 2.05) is 0 Å². The molecule has 1 unspecified atom stereocenters. The Morgan fingerprint density at radius 3 is 2.75 bits per heavy atom. The molecule has 0 radical (unpaired) electrons. The summed E-state index contributed by atoms with van der Waals surface area (Å²) in [4.78, 5) is 4.69. The van der Waals surface area contributed by atoms with Crippen LogP contribution in [0.2, 0.25) is 0 Å².